The fourth-order valence-corrected chi connectivity index (χ4v) is 5.52. The maximum atomic E-state index is 12.0. The number of halogens is 1. The van der Waals surface area contributed by atoms with Crippen LogP contribution in [0.1, 0.15) is 11.6 Å². The molecule has 4 nitrogen and oxygen atoms in total. The third kappa shape index (κ3) is 3.68. The normalized spacial score (nSPS) is 22.6. The van der Waals surface area contributed by atoms with E-state index in [-0.39, 0.29) is 6.04 Å². The van der Waals surface area contributed by atoms with Crippen LogP contribution in [0.4, 0.5) is 0 Å². The van der Waals surface area contributed by atoms with Crippen LogP contribution in [0.15, 0.2) is 24.3 Å². The maximum absolute atomic E-state index is 12.0. The lowest BCUT2D eigenvalue weighted by atomic mass is 10.1. The van der Waals surface area contributed by atoms with E-state index in [2.05, 4.69) is 0 Å². The molecule has 0 bridgehead atoms. The summed E-state index contributed by atoms with van der Waals surface area (Å²) in [4.78, 5) is 2.01. The standard InChI is InChI=1S/C13H19ClN2O2S2/c1-20(17,18)13-9-19-7-6-16(13)12(8-15)10-2-4-11(14)5-3-10/h2-5,12-13H,6-9,15H2,1H3. The van der Waals surface area contributed by atoms with Crippen LogP contribution >= 0.6 is 23.4 Å². The predicted molar refractivity (Wildman–Crippen MR) is 85.9 cm³/mol. The van der Waals surface area contributed by atoms with Gasteiger partial charge in [0.15, 0.2) is 9.84 Å². The Hall–Kier alpha value is -0.270. The van der Waals surface area contributed by atoms with Crippen LogP contribution in [-0.4, -0.2) is 49.5 Å². The van der Waals surface area contributed by atoms with Gasteiger partial charge >= 0.3 is 0 Å². The zero-order chi connectivity index (χ0) is 14.8. The monoisotopic (exact) mass is 334 g/mol. The van der Waals surface area contributed by atoms with E-state index in [1.165, 1.54) is 6.26 Å². The van der Waals surface area contributed by atoms with Crippen molar-refractivity contribution in [3.63, 3.8) is 0 Å². The topological polar surface area (TPSA) is 63.4 Å². The van der Waals surface area contributed by atoms with Crippen LogP contribution in [0.2, 0.25) is 5.02 Å². The van der Waals surface area contributed by atoms with Crippen molar-refractivity contribution in [2.45, 2.75) is 11.4 Å². The van der Waals surface area contributed by atoms with E-state index >= 15 is 0 Å². The van der Waals surface area contributed by atoms with Gasteiger partial charge < -0.3 is 5.73 Å². The van der Waals surface area contributed by atoms with Gasteiger partial charge in [-0.3, -0.25) is 4.90 Å². The molecule has 0 saturated carbocycles. The fraction of sp³-hybridized carbons (Fsp3) is 0.538. The summed E-state index contributed by atoms with van der Waals surface area (Å²) in [5, 5.41) is 0.198. The molecule has 0 spiro atoms. The first-order valence-corrected chi connectivity index (χ1v) is 9.90. The lowest BCUT2D eigenvalue weighted by molar-refractivity contribution is 0.198. The van der Waals surface area contributed by atoms with Gasteiger partial charge in [0.05, 0.1) is 0 Å². The van der Waals surface area contributed by atoms with Gasteiger partial charge in [-0.2, -0.15) is 11.8 Å². The van der Waals surface area contributed by atoms with Crippen LogP contribution in [-0.2, 0) is 9.84 Å². The average Bonchev–Trinajstić information content (AvgIpc) is 2.41. The van der Waals surface area contributed by atoms with Crippen molar-refractivity contribution in [1.29, 1.82) is 0 Å². The first kappa shape index (κ1) is 16.1. The molecule has 1 fully saturated rings. The highest BCUT2D eigenvalue weighted by Crippen LogP contribution is 2.30. The molecular weight excluding hydrogens is 316 g/mol. The van der Waals surface area contributed by atoms with Crippen molar-refractivity contribution in [2.75, 3.05) is 30.9 Å². The Morgan fingerprint density at radius 1 is 1.45 bits per heavy atom. The van der Waals surface area contributed by atoms with Gasteiger partial charge in [0, 0.05) is 41.9 Å². The highest BCUT2D eigenvalue weighted by atomic mass is 35.5. The van der Waals surface area contributed by atoms with Gasteiger partial charge in [-0.05, 0) is 17.7 Å². The lowest BCUT2D eigenvalue weighted by Crippen LogP contribution is -2.50. The Labute approximate surface area is 129 Å². The van der Waals surface area contributed by atoms with E-state index in [1.54, 1.807) is 11.8 Å². The first-order chi connectivity index (χ1) is 9.43. The minimum absolute atomic E-state index is 0.0899. The minimum Gasteiger partial charge on any atom is -0.329 e. The SMILES string of the molecule is CS(=O)(=O)C1CSCCN1C(CN)c1ccc(Cl)cc1. The summed E-state index contributed by atoms with van der Waals surface area (Å²) in [5.41, 5.74) is 6.91. The van der Waals surface area contributed by atoms with E-state index in [9.17, 15) is 8.42 Å². The summed E-state index contributed by atoms with van der Waals surface area (Å²) in [6, 6.07) is 7.37. The minimum atomic E-state index is -3.12. The largest absolute Gasteiger partial charge is 0.329 e. The summed E-state index contributed by atoms with van der Waals surface area (Å²) < 4.78 is 24.0. The molecule has 1 saturated heterocycles. The molecule has 0 radical (unpaired) electrons. The second-order valence-electron chi connectivity index (χ2n) is 4.90. The van der Waals surface area contributed by atoms with E-state index in [4.69, 9.17) is 17.3 Å². The molecule has 2 unspecified atom stereocenters. The Bertz CT molecular complexity index is 548. The third-order valence-electron chi connectivity index (χ3n) is 3.50. The predicted octanol–water partition coefficient (Wildman–Crippen LogP) is 1.76. The summed E-state index contributed by atoms with van der Waals surface area (Å²) in [6.07, 6.45) is 1.30. The van der Waals surface area contributed by atoms with Crippen LogP contribution in [0.3, 0.4) is 0 Å². The quantitative estimate of drug-likeness (QED) is 0.909. The van der Waals surface area contributed by atoms with Crippen LogP contribution in [0, 0.1) is 0 Å². The average molecular weight is 335 g/mol. The Morgan fingerprint density at radius 3 is 2.65 bits per heavy atom. The number of sulfone groups is 1. The fourth-order valence-electron chi connectivity index (χ4n) is 2.47. The molecule has 20 heavy (non-hydrogen) atoms. The molecule has 0 aliphatic carbocycles. The zero-order valence-electron chi connectivity index (χ0n) is 11.3. The molecule has 1 heterocycles. The van der Waals surface area contributed by atoms with Gasteiger partial charge in [-0.15, -0.1) is 0 Å². The molecular formula is C13H19ClN2O2S2. The Morgan fingerprint density at radius 2 is 2.10 bits per heavy atom. The molecule has 0 amide bonds. The van der Waals surface area contributed by atoms with Crippen molar-refractivity contribution in [3.05, 3.63) is 34.9 Å². The summed E-state index contributed by atoms with van der Waals surface area (Å²) in [6.45, 7) is 1.12. The molecule has 2 atom stereocenters. The lowest BCUT2D eigenvalue weighted by Gasteiger charge is -2.39. The van der Waals surface area contributed by atoms with Crippen molar-refractivity contribution in [3.8, 4) is 0 Å². The highest BCUT2D eigenvalue weighted by Gasteiger charge is 2.35. The summed E-state index contributed by atoms with van der Waals surface area (Å²) >= 11 is 7.58. The zero-order valence-corrected chi connectivity index (χ0v) is 13.7. The number of rotatable bonds is 4. The number of hydrogen-bond acceptors (Lipinski definition) is 5. The van der Waals surface area contributed by atoms with Crippen LogP contribution in [0.25, 0.3) is 0 Å². The van der Waals surface area contributed by atoms with E-state index in [0.717, 1.165) is 17.9 Å². The van der Waals surface area contributed by atoms with Gasteiger partial charge in [0.25, 0.3) is 0 Å². The van der Waals surface area contributed by atoms with Gasteiger partial charge in [0.1, 0.15) is 5.37 Å². The second-order valence-corrected chi connectivity index (χ2v) is 8.69. The number of thioether (sulfide) groups is 1. The summed E-state index contributed by atoms with van der Waals surface area (Å²) in [7, 11) is -3.12. The summed E-state index contributed by atoms with van der Waals surface area (Å²) in [5.74, 6) is 1.53. The molecule has 1 aromatic carbocycles. The Kier molecular flexibility index (Phi) is 5.36. The molecule has 1 aliphatic heterocycles. The molecule has 2 rings (SSSR count). The molecule has 2 N–H and O–H groups in total. The molecule has 1 aliphatic rings. The highest BCUT2D eigenvalue weighted by molar-refractivity contribution is 8.00. The number of hydrogen-bond donors (Lipinski definition) is 1. The van der Waals surface area contributed by atoms with Gasteiger partial charge in [-0.25, -0.2) is 8.42 Å². The second kappa shape index (κ2) is 6.66. The first-order valence-electron chi connectivity index (χ1n) is 6.41. The molecule has 0 aromatic heterocycles. The molecule has 7 heteroatoms. The van der Waals surface area contributed by atoms with E-state index in [1.807, 2.05) is 29.2 Å². The maximum Gasteiger partial charge on any atom is 0.164 e. The van der Waals surface area contributed by atoms with Crippen molar-refractivity contribution in [1.82, 2.24) is 4.90 Å². The van der Waals surface area contributed by atoms with E-state index in [0.29, 0.717) is 17.3 Å². The number of nitrogens with two attached hydrogens (primary N) is 1. The van der Waals surface area contributed by atoms with E-state index < -0.39 is 15.2 Å². The Balaban J connectivity index is 2.31. The number of benzene rings is 1. The van der Waals surface area contributed by atoms with Crippen LogP contribution in [0.5, 0.6) is 0 Å². The van der Waals surface area contributed by atoms with Gasteiger partial charge in [0.2, 0.25) is 0 Å². The van der Waals surface area contributed by atoms with Gasteiger partial charge in [-0.1, -0.05) is 23.7 Å². The van der Waals surface area contributed by atoms with Crippen LogP contribution < -0.4 is 5.73 Å². The molecule has 112 valence electrons. The third-order valence-corrected chi connectivity index (χ3v) is 6.41. The molecule has 1 aromatic rings. The van der Waals surface area contributed by atoms with Crippen molar-refractivity contribution >= 4 is 33.2 Å². The smallest absolute Gasteiger partial charge is 0.164 e. The number of nitrogens with zero attached hydrogens (tertiary/aromatic N) is 1. The van der Waals surface area contributed by atoms with Crippen molar-refractivity contribution < 1.29 is 8.42 Å². The van der Waals surface area contributed by atoms with Crippen molar-refractivity contribution in [2.24, 2.45) is 5.73 Å².